The van der Waals surface area contributed by atoms with Crippen molar-refractivity contribution in [3.63, 3.8) is 0 Å². The maximum absolute atomic E-state index is 11.5. The summed E-state index contributed by atoms with van der Waals surface area (Å²) in [7, 11) is 3.20. The number of rotatable bonds is 12. The fourth-order valence-corrected chi connectivity index (χ4v) is 7.34. The number of aromatic nitrogens is 4. The lowest BCUT2D eigenvalue weighted by Crippen LogP contribution is -2.51. The van der Waals surface area contributed by atoms with Crippen LogP contribution in [0.15, 0.2) is 48.8 Å². The van der Waals surface area contributed by atoms with Crippen LogP contribution in [0.4, 0.5) is 0 Å². The van der Waals surface area contributed by atoms with Gasteiger partial charge >= 0.3 is 0 Å². The van der Waals surface area contributed by atoms with E-state index in [4.69, 9.17) is 47.6 Å². The van der Waals surface area contributed by atoms with Gasteiger partial charge in [-0.1, -0.05) is 59.6 Å². The van der Waals surface area contributed by atoms with Crippen molar-refractivity contribution in [2.75, 3.05) is 40.4 Å². The summed E-state index contributed by atoms with van der Waals surface area (Å²) in [4.78, 5) is 33.0. The van der Waals surface area contributed by atoms with Crippen LogP contribution in [0.5, 0.6) is 11.8 Å². The Morgan fingerprint density at radius 3 is 2.08 bits per heavy atom. The topological polar surface area (TPSA) is 126 Å². The van der Waals surface area contributed by atoms with Gasteiger partial charge in [-0.25, -0.2) is 9.97 Å². The average Bonchev–Trinajstić information content (AvgIpc) is 3.90. The molecule has 0 spiro atoms. The highest BCUT2D eigenvalue weighted by Crippen LogP contribution is 2.42. The molecular weight excluding hydrogens is 663 g/mol. The Morgan fingerprint density at radius 2 is 1.49 bits per heavy atom. The quantitative estimate of drug-likeness (QED) is 0.183. The van der Waals surface area contributed by atoms with Gasteiger partial charge in [-0.05, 0) is 25.2 Å². The van der Waals surface area contributed by atoms with Crippen LogP contribution in [0.2, 0.25) is 10.0 Å². The second-order valence-corrected chi connectivity index (χ2v) is 13.6. The Labute approximate surface area is 296 Å². The predicted molar refractivity (Wildman–Crippen MR) is 190 cm³/mol. The van der Waals surface area contributed by atoms with Gasteiger partial charge in [-0.3, -0.25) is 19.7 Å². The maximum atomic E-state index is 11.5. The molecule has 1 aliphatic carbocycles. The standard InChI is InChI=1S/C36H40Cl2N8O3/c1-48-35-29(16-39-15-22-11-12-32(47)43-22)41-17-27(44-35)25-7-3-5-23(33(25)37)24-6-4-8-26(34(24)38)28-18-42-31(36(45-28)49-2)20-46-14-13-40-30(19-46)21-9-10-21/h3-8,17-18,21-22,30,39-40H,9-16,19-20H2,1-2H3,(H,43,47). The van der Waals surface area contributed by atoms with E-state index in [0.717, 1.165) is 54.4 Å². The summed E-state index contributed by atoms with van der Waals surface area (Å²) >= 11 is 14.2. The van der Waals surface area contributed by atoms with Gasteiger partial charge in [-0.15, -0.1) is 0 Å². The van der Waals surface area contributed by atoms with Crippen LogP contribution in [-0.2, 0) is 17.9 Å². The van der Waals surface area contributed by atoms with Gasteiger partial charge in [0, 0.05) is 80.0 Å². The molecule has 0 radical (unpaired) electrons. The Morgan fingerprint density at radius 1 is 0.878 bits per heavy atom. The zero-order valence-electron chi connectivity index (χ0n) is 27.6. The summed E-state index contributed by atoms with van der Waals surface area (Å²) in [6.07, 6.45) is 7.47. The Bertz CT molecular complexity index is 1840. The molecule has 2 saturated heterocycles. The molecule has 2 aromatic heterocycles. The lowest BCUT2D eigenvalue weighted by Gasteiger charge is -2.33. The monoisotopic (exact) mass is 702 g/mol. The van der Waals surface area contributed by atoms with Crippen LogP contribution < -0.4 is 25.4 Å². The highest BCUT2D eigenvalue weighted by atomic mass is 35.5. The summed E-state index contributed by atoms with van der Waals surface area (Å²) in [5.74, 6) is 1.78. The molecule has 49 heavy (non-hydrogen) atoms. The molecular formula is C36H40Cl2N8O3. The summed E-state index contributed by atoms with van der Waals surface area (Å²) in [5, 5.41) is 11.0. The van der Waals surface area contributed by atoms with Crippen molar-refractivity contribution >= 4 is 29.1 Å². The van der Waals surface area contributed by atoms with Crippen LogP contribution >= 0.6 is 23.2 Å². The normalized spacial score (nSPS) is 19.6. The van der Waals surface area contributed by atoms with E-state index in [1.165, 1.54) is 12.8 Å². The highest BCUT2D eigenvalue weighted by Gasteiger charge is 2.34. The number of carbonyl (C=O) groups excluding carboxylic acids is 1. The zero-order valence-corrected chi connectivity index (χ0v) is 29.2. The maximum Gasteiger partial charge on any atom is 0.237 e. The number of methoxy groups -OCH3 is 2. The molecule has 11 nitrogen and oxygen atoms in total. The number of amides is 1. The smallest absolute Gasteiger partial charge is 0.237 e. The number of carbonyl (C=O) groups is 1. The summed E-state index contributed by atoms with van der Waals surface area (Å²) < 4.78 is 11.3. The van der Waals surface area contributed by atoms with Crippen LogP contribution in [0.1, 0.15) is 37.1 Å². The molecule has 1 saturated carbocycles. The molecule has 3 aliphatic rings. The molecule has 4 heterocycles. The van der Waals surface area contributed by atoms with Gasteiger partial charge < -0.3 is 25.4 Å². The third-order valence-corrected chi connectivity index (χ3v) is 10.3. The predicted octanol–water partition coefficient (Wildman–Crippen LogP) is 5.14. The van der Waals surface area contributed by atoms with E-state index in [9.17, 15) is 4.79 Å². The van der Waals surface area contributed by atoms with E-state index in [0.29, 0.717) is 76.5 Å². The van der Waals surface area contributed by atoms with Crippen LogP contribution in [0, 0.1) is 5.92 Å². The first-order chi connectivity index (χ1) is 23.9. The van der Waals surface area contributed by atoms with Crippen molar-refractivity contribution in [1.29, 1.82) is 0 Å². The van der Waals surface area contributed by atoms with Gasteiger partial charge in [-0.2, -0.15) is 0 Å². The summed E-state index contributed by atoms with van der Waals surface area (Å²) in [6.45, 7) is 4.73. The number of benzene rings is 2. The first-order valence-corrected chi connectivity index (χ1v) is 17.5. The molecule has 3 fully saturated rings. The van der Waals surface area contributed by atoms with Gasteiger partial charge in [0.25, 0.3) is 0 Å². The molecule has 13 heteroatoms. The van der Waals surface area contributed by atoms with Crippen molar-refractivity contribution in [1.82, 2.24) is 40.8 Å². The van der Waals surface area contributed by atoms with E-state index in [-0.39, 0.29) is 11.9 Å². The average molecular weight is 704 g/mol. The molecule has 2 aliphatic heterocycles. The molecule has 2 unspecified atom stereocenters. The van der Waals surface area contributed by atoms with Crippen LogP contribution in [0.3, 0.4) is 0 Å². The van der Waals surface area contributed by atoms with Gasteiger partial charge in [0.15, 0.2) is 0 Å². The minimum absolute atomic E-state index is 0.0893. The molecule has 2 aromatic carbocycles. The van der Waals surface area contributed by atoms with Gasteiger partial charge in [0.1, 0.15) is 11.4 Å². The Hall–Kier alpha value is -3.87. The third kappa shape index (κ3) is 7.51. The molecule has 0 bridgehead atoms. The van der Waals surface area contributed by atoms with Crippen LogP contribution in [-0.4, -0.2) is 83.2 Å². The van der Waals surface area contributed by atoms with Crippen molar-refractivity contribution in [3.05, 3.63) is 70.2 Å². The largest absolute Gasteiger partial charge is 0.480 e. The SMILES string of the molecule is COc1nc(-c2cccc(-c3cccc(-c4cnc(CN5CCNC(C6CC6)C5)c(OC)n4)c3Cl)c2Cl)cnc1CNCC1CCC(=O)N1. The first kappa shape index (κ1) is 33.6. The number of ether oxygens (including phenoxy) is 2. The molecule has 1 amide bonds. The van der Waals surface area contributed by atoms with Gasteiger partial charge in [0.05, 0.1) is 48.0 Å². The molecule has 7 rings (SSSR count). The van der Waals surface area contributed by atoms with E-state index < -0.39 is 0 Å². The molecule has 4 aromatic rings. The van der Waals surface area contributed by atoms with Crippen molar-refractivity contribution in [2.24, 2.45) is 5.92 Å². The van der Waals surface area contributed by atoms with Crippen molar-refractivity contribution in [3.8, 4) is 45.4 Å². The fourth-order valence-electron chi connectivity index (χ4n) is 6.69. The Kier molecular flexibility index (Phi) is 10.2. The number of piperazine rings is 1. The van der Waals surface area contributed by atoms with E-state index in [1.807, 2.05) is 36.4 Å². The Balaban J connectivity index is 1.10. The molecule has 256 valence electrons. The second kappa shape index (κ2) is 14.9. The number of nitrogens with zero attached hydrogens (tertiary/aromatic N) is 5. The number of nitrogens with one attached hydrogen (secondary N) is 3. The van der Waals surface area contributed by atoms with E-state index in [1.54, 1.807) is 26.6 Å². The molecule has 3 N–H and O–H groups in total. The van der Waals surface area contributed by atoms with Crippen LogP contribution in [0.25, 0.3) is 33.6 Å². The first-order valence-electron chi connectivity index (χ1n) is 16.8. The number of hydrogen-bond donors (Lipinski definition) is 3. The summed E-state index contributed by atoms with van der Waals surface area (Å²) in [5.41, 5.74) is 5.58. The minimum atomic E-state index is 0.0893. The fraction of sp³-hybridized carbons (Fsp3) is 0.417. The number of halogens is 2. The summed E-state index contributed by atoms with van der Waals surface area (Å²) in [6, 6.07) is 12.2. The second-order valence-electron chi connectivity index (χ2n) is 12.8. The lowest BCUT2D eigenvalue weighted by atomic mass is 9.98. The zero-order chi connectivity index (χ0) is 33.9. The van der Waals surface area contributed by atoms with Crippen molar-refractivity contribution < 1.29 is 14.3 Å². The molecule has 2 atom stereocenters. The van der Waals surface area contributed by atoms with E-state index in [2.05, 4.69) is 25.8 Å². The van der Waals surface area contributed by atoms with Gasteiger partial charge in [0.2, 0.25) is 17.7 Å². The third-order valence-electron chi connectivity index (χ3n) is 9.47. The highest BCUT2D eigenvalue weighted by molar-refractivity contribution is 6.39. The minimum Gasteiger partial charge on any atom is -0.480 e. The lowest BCUT2D eigenvalue weighted by molar-refractivity contribution is -0.119. The van der Waals surface area contributed by atoms with E-state index >= 15 is 0 Å². The van der Waals surface area contributed by atoms with Crippen molar-refractivity contribution in [2.45, 2.75) is 50.9 Å². The number of hydrogen-bond acceptors (Lipinski definition) is 10.